The number of pyridine rings is 1. The lowest BCUT2D eigenvalue weighted by Crippen LogP contribution is -2.51. The molecule has 0 unspecified atom stereocenters. The SMILES string of the molecule is CCCNC(=O)CN1CCN(C(=O)c2cc(-c3ccccc3)nc3onc(C)c23)CC1. The Hall–Kier alpha value is -3.26. The van der Waals surface area contributed by atoms with Crippen molar-refractivity contribution in [1.82, 2.24) is 25.3 Å². The molecule has 1 aliphatic rings. The molecule has 1 saturated heterocycles. The second-order valence-electron chi connectivity index (χ2n) is 7.79. The summed E-state index contributed by atoms with van der Waals surface area (Å²) >= 11 is 0. The van der Waals surface area contributed by atoms with Gasteiger partial charge < -0.3 is 14.7 Å². The third-order valence-electron chi connectivity index (χ3n) is 5.52. The van der Waals surface area contributed by atoms with Gasteiger partial charge in [0, 0.05) is 38.3 Å². The van der Waals surface area contributed by atoms with Crippen LogP contribution in [-0.2, 0) is 4.79 Å². The first-order valence-corrected chi connectivity index (χ1v) is 10.7. The maximum Gasteiger partial charge on any atom is 0.259 e. The number of hydrogen-bond acceptors (Lipinski definition) is 6. The smallest absolute Gasteiger partial charge is 0.259 e. The van der Waals surface area contributed by atoms with E-state index >= 15 is 0 Å². The van der Waals surface area contributed by atoms with Crippen molar-refractivity contribution in [3.05, 3.63) is 47.7 Å². The number of fused-ring (bicyclic) bond motifs is 1. The molecule has 8 heteroatoms. The van der Waals surface area contributed by atoms with Crippen LogP contribution in [-0.4, -0.2) is 71.0 Å². The Morgan fingerprint density at radius 3 is 2.58 bits per heavy atom. The Bertz CT molecular complexity index is 1070. The number of rotatable bonds is 6. The fraction of sp³-hybridized carbons (Fsp3) is 0.391. The van der Waals surface area contributed by atoms with E-state index in [1.165, 1.54) is 0 Å². The van der Waals surface area contributed by atoms with E-state index in [4.69, 9.17) is 4.52 Å². The largest absolute Gasteiger partial charge is 0.355 e. The average molecular weight is 422 g/mol. The first-order chi connectivity index (χ1) is 15.1. The van der Waals surface area contributed by atoms with Crippen LogP contribution in [0.4, 0.5) is 0 Å². The van der Waals surface area contributed by atoms with E-state index in [9.17, 15) is 9.59 Å². The van der Waals surface area contributed by atoms with Gasteiger partial charge in [-0.3, -0.25) is 14.5 Å². The Labute approximate surface area is 181 Å². The summed E-state index contributed by atoms with van der Waals surface area (Å²) in [4.78, 5) is 33.9. The van der Waals surface area contributed by atoms with Crippen LogP contribution in [0.5, 0.6) is 0 Å². The van der Waals surface area contributed by atoms with Gasteiger partial charge in [-0.05, 0) is 19.4 Å². The Kier molecular flexibility index (Phi) is 6.27. The van der Waals surface area contributed by atoms with Crippen molar-refractivity contribution in [2.75, 3.05) is 39.3 Å². The average Bonchev–Trinajstić information content (AvgIpc) is 3.18. The lowest BCUT2D eigenvalue weighted by Gasteiger charge is -2.34. The third kappa shape index (κ3) is 4.59. The van der Waals surface area contributed by atoms with Gasteiger partial charge in [-0.15, -0.1) is 0 Å². The third-order valence-corrected chi connectivity index (χ3v) is 5.52. The van der Waals surface area contributed by atoms with Crippen molar-refractivity contribution < 1.29 is 14.1 Å². The molecule has 0 radical (unpaired) electrons. The molecule has 2 amide bonds. The van der Waals surface area contributed by atoms with Gasteiger partial charge in [0.1, 0.15) is 0 Å². The van der Waals surface area contributed by atoms with Gasteiger partial charge in [0.2, 0.25) is 5.91 Å². The summed E-state index contributed by atoms with van der Waals surface area (Å²) in [5, 5.41) is 7.58. The van der Waals surface area contributed by atoms with Crippen molar-refractivity contribution in [3.8, 4) is 11.3 Å². The van der Waals surface area contributed by atoms with Crippen LogP contribution in [0.2, 0.25) is 0 Å². The van der Waals surface area contributed by atoms with Crippen LogP contribution in [0.25, 0.3) is 22.4 Å². The molecular formula is C23H27N5O3. The summed E-state index contributed by atoms with van der Waals surface area (Å²) in [7, 11) is 0. The Morgan fingerprint density at radius 2 is 1.87 bits per heavy atom. The maximum atomic E-state index is 13.4. The number of carbonyl (C=O) groups is 2. The number of hydrogen-bond donors (Lipinski definition) is 1. The molecule has 2 aromatic heterocycles. The lowest BCUT2D eigenvalue weighted by molar-refractivity contribution is -0.122. The van der Waals surface area contributed by atoms with Gasteiger partial charge in [0.25, 0.3) is 11.6 Å². The number of amides is 2. The van der Waals surface area contributed by atoms with Gasteiger partial charge in [-0.2, -0.15) is 0 Å². The molecule has 1 aliphatic heterocycles. The first-order valence-electron chi connectivity index (χ1n) is 10.7. The fourth-order valence-electron chi connectivity index (χ4n) is 3.82. The lowest BCUT2D eigenvalue weighted by atomic mass is 10.0. The summed E-state index contributed by atoms with van der Waals surface area (Å²) in [6, 6.07) is 11.5. The van der Waals surface area contributed by atoms with Crippen molar-refractivity contribution >= 4 is 22.9 Å². The van der Waals surface area contributed by atoms with Crippen molar-refractivity contribution in [2.24, 2.45) is 0 Å². The van der Waals surface area contributed by atoms with E-state index in [-0.39, 0.29) is 11.8 Å². The van der Waals surface area contributed by atoms with Gasteiger partial charge in [-0.1, -0.05) is 42.4 Å². The zero-order chi connectivity index (χ0) is 21.8. The minimum atomic E-state index is -0.0639. The molecule has 162 valence electrons. The van der Waals surface area contributed by atoms with Crippen LogP contribution >= 0.6 is 0 Å². The number of aryl methyl sites for hydroxylation is 1. The van der Waals surface area contributed by atoms with Crippen molar-refractivity contribution in [1.29, 1.82) is 0 Å². The van der Waals surface area contributed by atoms with Crippen LogP contribution in [0.15, 0.2) is 40.9 Å². The van der Waals surface area contributed by atoms with E-state index in [1.807, 2.05) is 55.1 Å². The Balaban J connectivity index is 1.53. The second kappa shape index (κ2) is 9.26. The molecule has 1 aromatic carbocycles. The molecule has 3 heterocycles. The molecule has 0 aliphatic carbocycles. The number of benzene rings is 1. The monoisotopic (exact) mass is 421 g/mol. The topological polar surface area (TPSA) is 91.6 Å². The standard InChI is InChI=1S/C23H27N5O3/c1-3-9-24-20(29)15-27-10-12-28(13-11-27)23(30)18-14-19(17-7-5-4-6-8-17)25-22-21(18)16(2)26-31-22/h4-8,14H,3,9-13,15H2,1-2H3,(H,24,29). The molecule has 1 N–H and O–H groups in total. The van der Waals surface area contributed by atoms with E-state index in [2.05, 4.69) is 20.4 Å². The van der Waals surface area contributed by atoms with Gasteiger partial charge in [0.05, 0.1) is 28.9 Å². The summed E-state index contributed by atoms with van der Waals surface area (Å²) in [6.07, 6.45) is 0.918. The second-order valence-corrected chi connectivity index (χ2v) is 7.79. The van der Waals surface area contributed by atoms with E-state index in [1.54, 1.807) is 0 Å². The maximum absolute atomic E-state index is 13.4. The minimum Gasteiger partial charge on any atom is -0.355 e. The predicted octanol–water partition coefficient (Wildman–Crippen LogP) is 2.48. The van der Waals surface area contributed by atoms with Crippen LogP contribution in [0.1, 0.15) is 29.4 Å². The highest BCUT2D eigenvalue weighted by Crippen LogP contribution is 2.28. The van der Waals surface area contributed by atoms with E-state index in [0.717, 1.165) is 12.0 Å². The minimum absolute atomic E-state index is 0.0325. The molecule has 0 saturated carbocycles. The fourth-order valence-corrected chi connectivity index (χ4v) is 3.82. The van der Waals surface area contributed by atoms with Crippen molar-refractivity contribution in [2.45, 2.75) is 20.3 Å². The molecule has 3 aromatic rings. The number of carbonyl (C=O) groups excluding carboxylic acids is 2. The Morgan fingerprint density at radius 1 is 1.13 bits per heavy atom. The molecule has 1 fully saturated rings. The summed E-state index contributed by atoms with van der Waals surface area (Å²) in [5.41, 5.74) is 3.16. The van der Waals surface area contributed by atoms with Gasteiger partial charge in [0.15, 0.2) is 0 Å². The zero-order valence-electron chi connectivity index (χ0n) is 17.9. The molecule has 31 heavy (non-hydrogen) atoms. The quantitative estimate of drug-likeness (QED) is 0.658. The first kappa shape index (κ1) is 21.0. The molecule has 4 rings (SSSR count). The summed E-state index contributed by atoms with van der Waals surface area (Å²) in [5.74, 6) is -0.0315. The van der Waals surface area contributed by atoms with Crippen LogP contribution in [0.3, 0.4) is 0 Å². The number of nitrogens with zero attached hydrogens (tertiary/aromatic N) is 4. The zero-order valence-corrected chi connectivity index (χ0v) is 17.9. The van der Waals surface area contributed by atoms with Crippen LogP contribution < -0.4 is 5.32 Å². The molecule has 0 spiro atoms. The van der Waals surface area contributed by atoms with Crippen molar-refractivity contribution in [3.63, 3.8) is 0 Å². The highest BCUT2D eigenvalue weighted by Gasteiger charge is 2.27. The highest BCUT2D eigenvalue weighted by atomic mass is 16.5. The van der Waals surface area contributed by atoms with Crippen LogP contribution in [0, 0.1) is 6.92 Å². The van der Waals surface area contributed by atoms with Gasteiger partial charge >= 0.3 is 0 Å². The number of piperazine rings is 1. The molecule has 8 nitrogen and oxygen atoms in total. The highest BCUT2D eigenvalue weighted by molar-refractivity contribution is 6.07. The molecule has 0 atom stereocenters. The number of nitrogens with one attached hydrogen (secondary N) is 1. The molecule has 0 bridgehead atoms. The summed E-state index contributed by atoms with van der Waals surface area (Å²) in [6.45, 7) is 7.35. The predicted molar refractivity (Wildman–Crippen MR) is 118 cm³/mol. The molecular weight excluding hydrogens is 394 g/mol. The summed E-state index contributed by atoms with van der Waals surface area (Å²) < 4.78 is 5.40. The van der Waals surface area contributed by atoms with E-state index in [0.29, 0.717) is 67.3 Å². The normalized spacial score (nSPS) is 14.7. The van der Waals surface area contributed by atoms with Gasteiger partial charge in [-0.25, -0.2) is 4.98 Å². The van der Waals surface area contributed by atoms with E-state index < -0.39 is 0 Å². The number of aromatic nitrogens is 2.